The summed E-state index contributed by atoms with van der Waals surface area (Å²) in [5.74, 6) is 0.954. The van der Waals surface area contributed by atoms with Gasteiger partial charge in [-0.2, -0.15) is 0 Å². The second-order valence-corrected chi connectivity index (χ2v) is 8.18. The molecule has 0 fully saturated rings. The van der Waals surface area contributed by atoms with E-state index >= 15 is 0 Å². The van der Waals surface area contributed by atoms with Crippen molar-refractivity contribution >= 4 is 21.9 Å². The molecule has 4 heteroatoms. The second kappa shape index (κ2) is 6.78. The molecule has 0 amide bonds. The van der Waals surface area contributed by atoms with Gasteiger partial charge in [-0.3, -0.25) is 0 Å². The molecule has 0 radical (unpaired) electrons. The summed E-state index contributed by atoms with van der Waals surface area (Å²) in [4.78, 5) is 4.64. The highest BCUT2D eigenvalue weighted by molar-refractivity contribution is 5.86. The van der Waals surface area contributed by atoms with Crippen LogP contribution >= 0.6 is 0 Å². The number of para-hydroxylation sites is 2. The van der Waals surface area contributed by atoms with Crippen LogP contribution in [-0.4, -0.2) is 25.3 Å². The number of nitrogens with zero attached hydrogens (tertiary/aromatic N) is 3. The van der Waals surface area contributed by atoms with E-state index in [1.807, 2.05) is 25.1 Å². The molecule has 0 aliphatic heterocycles. The van der Waals surface area contributed by atoms with Crippen molar-refractivity contribution in [1.29, 1.82) is 0 Å². The van der Waals surface area contributed by atoms with Crippen molar-refractivity contribution in [3.63, 3.8) is 0 Å². The summed E-state index contributed by atoms with van der Waals surface area (Å²) in [7, 11) is 0. The Balaban J connectivity index is 1.50. The van der Waals surface area contributed by atoms with Crippen LogP contribution in [0.1, 0.15) is 35.5 Å². The fourth-order valence-corrected chi connectivity index (χ4v) is 4.86. The smallest absolute Gasteiger partial charge is 0.106 e. The molecule has 2 heterocycles. The molecule has 1 aliphatic carbocycles. The number of hydrogen-bond acceptors (Lipinski definition) is 2. The Bertz CT molecular complexity index is 1170. The van der Waals surface area contributed by atoms with Gasteiger partial charge in [-0.15, -0.1) is 0 Å². The normalized spacial score (nSPS) is 15.2. The van der Waals surface area contributed by atoms with E-state index in [0.29, 0.717) is 13.1 Å². The first-order valence-electron chi connectivity index (χ1n) is 10.3. The number of fused-ring (bicyclic) bond motifs is 4. The first-order chi connectivity index (χ1) is 13.6. The number of aromatic nitrogens is 3. The van der Waals surface area contributed by atoms with Crippen LogP contribution in [0.2, 0.25) is 0 Å². The van der Waals surface area contributed by atoms with E-state index in [-0.39, 0.29) is 0 Å². The van der Waals surface area contributed by atoms with Crippen LogP contribution in [0.25, 0.3) is 21.9 Å². The number of aliphatic hydroxyl groups is 1. The molecule has 4 nitrogen and oxygen atoms in total. The van der Waals surface area contributed by atoms with Crippen molar-refractivity contribution in [3.8, 4) is 0 Å². The fraction of sp³-hybridized carbons (Fsp3) is 0.375. The summed E-state index contributed by atoms with van der Waals surface area (Å²) in [5.41, 5.74) is 7.59. The zero-order valence-corrected chi connectivity index (χ0v) is 16.7. The van der Waals surface area contributed by atoms with Crippen LogP contribution in [0, 0.1) is 13.8 Å². The van der Waals surface area contributed by atoms with Gasteiger partial charge >= 0.3 is 0 Å². The Morgan fingerprint density at radius 2 is 1.75 bits per heavy atom. The van der Waals surface area contributed by atoms with Crippen molar-refractivity contribution in [1.82, 2.24) is 14.1 Å². The summed E-state index contributed by atoms with van der Waals surface area (Å²) < 4.78 is 4.52. The van der Waals surface area contributed by atoms with Gasteiger partial charge in [-0.25, -0.2) is 4.98 Å². The van der Waals surface area contributed by atoms with Crippen LogP contribution < -0.4 is 0 Å². The first-order valence-corrected chi connectivity index (χ1v) is 10.3. The van der Waals surface area contributed by atoms with E-state index in [4.69, 9.17) is 0 Å². The van der Waals surface area contributed by atoms with Gasteiger partial charge < -0.3 is 14.2 Å². The van der Waals surface area contributed by atoms with Crippen LogP contribution in [0.15, 0.2) is 42.5 Å². The van der Waals surface area contributed by atoms with E-state index in [1.54, 1.807) is 0 Å². The van der Waals surface area contributed by atoms with Crippen molar-refractivity contribution in [2.75, 3.05) is 0 Å². The molecule has 2 aromatic heterocycles. The van der Waals surface area contributed by atoms with E-state index in [0.717, 1.165) is 29.7 Å². The van der Waals surface area contributed by atoms with Crippen LogP contribution in [0.5, 0.6) is 0 Å². The average Bonchev–Trinajstić information content (AvgIpc) is 3.17. The van der Waals surface area contributed by atoms with Crippen molar-refractivity contribution < 1.29 is 5.11 Å². The number of benzene rings is 2. The van der Waals surface area contributed by atoms with Gasteiger partial charge in [0, 0.05) is 16.6 Å². The van der Waals surface area contributed by atoms with E-state index in [1.165, 1.54) is 40.6 Å². The molecule has 1 aliphatic rings. The lowest BCUT2D eigenvalue weighted by molar-refractivity contribution is 0.135. The SMILES string of the molecule is Cc1ccc2c(c1)c1c(n2C[C@@H](O)Cn2c(C)nc3ccccc32)CCCC1. The third-order valence-corrected chi connectivity index (χ3v) is 6.16. The molecule has 1 atom stereocenters. The lowest BCUT2D eigenvalue weighted by Crippen LogP contribution is -2.24. The highest BCUT2D eigenvalue weighted by Gasteiger charge is 2.22. The molecule has 0 bridgehead atoms. The second-order valence-electron chi connectivity index (χ2n) is 8.18. The van der Waals surface area contributed by atoms with Crippen molar-refractivity contribution in [2.45, 2.75) is 58.7 Å². The summed E-state index contributed by atoms with van der Waals surface area (Å²) in [6.45, 7) is 5.36. The molecule has 0 unspecified atom stereocenters. The Kier molecular flexibility index (Phi) is 4.24. The molecular formula is C24H27N3O. The van der Waals surface area contributed by atoms with Crippen LogP contribution in [0.3, 0.4) is 0 Å². The molecule has 2 aromatic carbocycles. The molecule has 1 N–H and O–H groups in total. The van der Waals surface area contributed by atoms with Gasteiger partial charge in [-0.1, -0.05) is 23.8 Å². The number of hydrogen-bond donors (Lipinski definition) is 1. The van der Waals surface area contributed by atoms with Crippen LogP contribution in [0.4, 0.5) is 0 Å². The lowest BCUT2D eigenvalue weighted by Gasteiger charge is -2.20. The summed E-state index contributed by atoms with van der Waals surface area (Å²) >= 11 is 0. The standard InChI is InChI=1S/C24H27N3O/c1-16-11-12-23-20(13-16)19-7-3-5-9-22(19)27(23)15-18(28)14-26-17(2)25-21-8-4-6-10-24(21)26/h4,6,8,10-13,18,28H,3,5,7,9,14-15H2,1-2H3/t18-/m0/s1. The highest BCUT2D eigenvalue weighted by Crippen LogP contribution is 2.33. The third-order valence-electron chi connectivity index (χ3n) is 6.16. The summed E-state index contributed by atoms with van der Waals surface area (Å²) in [6.07, 6.45) is 4.32. The van der Waals surface area contributed by atoms with Crippen LogP contribution in [-0.2, 0) is 25.9 Å². The van der Waals surface area contributed by atoms with Gasteiger partial charge in [-0.05, 0) is 69.4 Å². The minimum Gasteiger partial charge on any atom is -0.389 e. The molecule has 144 valence electrons. The van der Waals surface area contributed by atoms with Gasteiger partial charge in [0.15, 0.2) is 0 Å². The van der Waals surface area contributed by atoms with Crippen molar-refractivity contribution in [2.24, 2.45) is 0 Å². The maximum atomic E-state index is 11.0. The van der Waals surface area contributed by atoms with E-state index in [2.05, 4.69) is 45.3 Å². The summed E-state index contributed by atoms with van der Waals surface area (Å²) in [6, 6.07) is 14.9. The predicted octanol–water partition coefficient (Wildman–Crippen LogP) is 4.55. The van der Waals surface area contributed by atoms with E-state index < -0.39 is 6.10 Å². The van der Waals surface area contributed by atoms with Gasteiger partial charge in [0.25, 0.3) is 0 Å². The minimum atomic E-state index is -0.459. The predicted molar refractivity (Wildman–Crippen MR) is 114 cm³/mol. The monoisotopic (exact) mass is 373 g/mol. The number of aliphatic hydroxyl groups excluding tert-OH is 1. The fourth-order valence-electron chi connectivity index (χ4n) is 4.86. The Morgan fingerprint density at radius 1 is 0.964 bits per heavy atom. The van der Waals surface area contributed by atoms with E-state index in [9.17, 15) is 5.11 Å². The largest absolute Gasteiger partial charge is 0.389 e. The average molecular weight is 374 g/mol. The van der Waals surface area contributed by atoms with Crippen molar-refractivity contribution in [3.05, 3.63) is 65.1 Å². The first kappa shape index (κ1) is 17.5. The summed E-state index contributed by atoms with van der Waals surface area (Å²) in [5, 5.41) is 12.4. The van der Waals surface area contributed by atoms with Gasteiger partial charge in [0.05, 0.1) is 30.2 Å². The van der Waals surface area contributed by atoms with Gasteiger partial charge in [0.1, 0.15) is 5.82 Å². The minimum absolute atomic E-state index is 0.459. The maximum Gasteiger partial charge on any atom is 0.106 e. The molecule has 0 saturated carbocycles. The molecule has 28 heavy (non-hydrogen) atoms. The quantitative estimate of drug-likeness (QED) is 0.570. The zero-order chi connectivity index (χ0) is 19.3. The Labute approximate surface area is 165 Å². The molecule has 0 spiro atoms. The number of aryl methyl sites for hydroxylation is 3. The topological polar surface area (TPSA) is 43.0 Å². The lowest BCUT2D eigenvalue weighted by atomic mass is 9.95. The maximum absolute atomic E-state index is 11.0. The Hall–Kier alpha value is -2.59. The molecular weight excluding hydrogens is 346 g/mol. The molecule has 5 rings (SSSR count). The van der Waals surface area contributed by atoms with Gasteiger partial charge in [0.2, 0.25) is 0 Å². The molecule has 4 aromatic rings. The highest BCUT2D eigenvalue weighted by atomic mass is 16.3. The Morgan fingerprint density at radius 3 is 2.64 bits per heavy atom. The molecule has 0 saturated heterocycles. The number of rotatable bonds is 4. The zero-order valence-electron chi connectivity index (χ0n) is 16.7. The number of imidazole rings is 1. The third kappa shape index (κ3) is 2.83.